The van der Waals surface area contributed by atoms with Gasteiger partial charge in [-0.15, -0.1) is 0 Å². The monoisotopic (exact) mass is 341 g/mol. The predicted octanol–water partition coefficient (Wildman–Crippen LogP) is 1.97. The lowest BCUT2D eigenvalue weighted by Crippen LogP contribution is -1.95. The van der Waals surface area contributed by atoms with Gasteiger partial charge in [-0.3, -0.25) is 4.98 Å². The third kappa shape index (κ3) is 3.13. The molecule has 0 bridgehead atoms. The van der Waals surface area contributed by atoms with Gasteiger partial charge in [-0.1, -0.05) is 0 Å². The summed E-state index contributed by atoms with van der Waals surface area (Å²) in [5, 5.41) is 12.7. The van der Waals surface area contributed by atoms with Gasteiger partial charge in [0.25, 0.3) is 0 Å². The number of carboxylic acids is 1. The van der Waals surface area contributed by atoms with E-state index in [2.05, 4.69) is 32.7 Å². The topological polar surface area (TPSA) is 68.0 Å². The van der Waals surface area contributed by atoms with Gasteiger partial charge < -0.3 is 5.11 Å². The molecular formula is C11H8IN3O2. The highest BCUT2D eigenvalue weighted by molar-refractivity contribution is 14.1. The van der Waals surface area contributed by atoms with Crippen LogP contribution in [0.15, 0.2) is 36.9 Å². The molecule has 0 unspecified atom stereocenters. The predicted molar refractivity (Wildman–Crippen MR) is 70.7 cm³/mol. The minimum atomic E-state index is -0.982. The van der Waals surface area contributed by atoms with Crippen LogP contribution >= 0.6 is 22.6 Å². The van der Waals surface area contributed by atoms with Crippen molar-refractivity contribution in [3.05, 3.63) is 46.1 Å². The summed E-state index contributed by atoms with van der Waals surface area (Å²) in [6.45, 7) is 0. The minimum Gasteiger partial charge on any atom is -0.478 e. The Labute approximate surface area is 111 Å². The maximum absolute atomic E-state index is 10.4. The zero-order valence-corrected chi connectivity index (χ0v) is 10.8. The van der Waals surface area contributed by atoms with Gasteiger partial charge >= 0.3 is 5.97 Å². The van der Waals surface area contributed by atoms with Gasteiger partial charge in [0.05, 0.1) is 21.7 Å². The average Bonchev–Trinajstić information content (AvgIpc) is 2.74. The third-order valence-corrected chi connectivity index (χ3v) is 2.54. The molecule has 0 saturated heterocycles. The number of aromatic nitrogens is 3. The van der Waals surface area contributed by atoms with Crippen LogP contribution in [0.1, 0.15) is 5.56 Å². The summed E-state index contributed by atoms with van der Waals surface area (Å²) in [4.78, 5) is 14.4. The lowest BCUT2D eigenvalue weighted by Gasteiger charge is -2.01. The Morgan fingerprint density at radius 2 is 2.24 bits per heavy atom. The number of nitrogens with zero attached hydrogens (tertiary/aromatic N) is 3. The van der Waals surface area contributed by atoms with Crippen LogP contribution in [0.4, 0.5) is 0 Å². The molecule has 2 rings (SSSR count). The van der Waals surface area contributed by atoms with E-state index >= 15 is 0 Å². The standard InChI is InChI=1S/C11H8IN3O2/c12-9-5-14-15(7-9)10-3-8(4-13-6-10)1-2-11(16)17/h1-7H,(H,16,17)/b2-1+. The van der Waals surface area contributed by atoms with Crippen LogP contribution in [-0.2, 0) is 4.79 Å². The van der Waals surface area contributed by atoms with Crippen molar-refractivity contribution >= 4 is 34.6 Å². The Morgan fingerprint density at radius 1 is 1.41 bits per heavy atom. The van der Waals surface area contributed by atoms with Gasteiger partial charge in [0.15, 0.2) is 0 Å². The molecule has 0 amide bonds. The highest BCUT2D eigenvalue weighted by atomic mass is 127. The van der Waals surface area contributed by atoms with Crippen molar-refractivity contribution in [3.8, 4) is 5.69 Å². The van der Waals surface area contributed by atoms with Crippen molar-refractivity contribution in [2.24, 2.45) is 0 Å². The Morgan fingerprint density at radius 3 is 2.88 bits per heavy atom. The SMILES string of the molecule is O=C(O)/C=C/c1cncc(-n2cc(I)cn2)c1. The summed E-state index contributed by atoms with van der Waals surface area (Å²) in [6, 6.07) is 1.82. The van der Waals surface area contributed by atoms with Crippen LogP contribution < -0.4 is 0 Å². The highest BCUT2D eigenvalue weighted by Gasteiger charge is 2.00. The van der Waals surface area contributed by atoms with Crippen molar-refractivity contribution in [2.45, 2.75) is 0 Å². The first-order chi connectivity index (χ1) is 8.15. The van der Waals surface area contributed by atoms with E-state index in [0.717, 1.165) is 20.9 Å². The summed E-state index contributed by atoms with van der Waals surface area (Å²) in [5.41, 5.74) is 1.51. The Hall–Kier alpha value is -1.70. The molecule has 2 aromatic heterocycles. The molecule has 0 radical (unpaired) electrons. The molecule has 0 atom stereocenters. The van der Waals surface area contributed by atoms with Crippen LogP contribution in [0.5, 0.6) is 0 Å². The number of halogens is 1. The number of hydrogen-bond acceptors (Lipinski definition) is 3. The summed E-state index contributed by atoms with van der Waals surface area (Å²) in [7, 11) is 0. The van der Waals surface area contributed by atoms with Gasteiger partial charge in [0.2, 0.25) is 0 Å². The molecule has 0 aromatic carbocycles. The molecule has 0 fully saturated rings. The average molecular weight is 341 g/mol. The zero-order chi connectivity index (χ0) is 12.3. The lowest BCUT2D eigenvalue weighted by molar-refractivity contribution is -0.131. The molecule has 1 N–H and O–H groups in total. The largest absolute Gasteiger partial charge is 0.478 e. The minimum absolute atomic E-state index is 0.718. The number of carbonyl (C=O) groups is 1. The van der Waals surface area contributed by atoms with E-state index < -0.39 is 5.97 Å². The fourth-order valence-electron chi connectivity index (χ4n) is 1.27. The van der Waals surface area contributed by atoms with Crippen LogP contribution in [0.25, 0.3) is 11.8 Å². The van der Waals surface area contributed by atoms with Gasteiger partial charge in [-0.05, 0) is 40.3 Å². The molecule has 5 nitrogen and oxygen atoms in total. The van der Waals surface area contributed by atoms with E-state index in [-0.39, 0.29) is 0 Å². The van der Waals surface area contributed by atoms with Crippen molar-refractivity contribution in [3.63, 3.8) is 0 Å². The molecular weight excluding hydrogens is 333 g/mol. The molecule has 0 spiro atoms. The Balaban J connectivity index is 2.31. The molecule has 0 aliphatic rings. The van der Waals surface area contributed by atoms with Crippen LogP contribution in [0.2, 0.25) is 0 Å². The van der Waals surface area contributed by atoms with Crippen LogP contribution in [0.3, 0.4) is 0 Å². The van der Waals surface area contributed by atoms with E-state index in [0.29, 0.717) is 0 Å². The molecule has 86 valence electrons. The first kappa shape index (κ1) is 11.8. The van der Waals surface area contributed by atoms with Gasteiger partial charge in [0.1, 0.15) is 0 Å². The fourth-order valence-corrected chi connectivity index (χ4v) is 1.66. The Kier molecular flexibility index (Phi) is 3.52. The number of carboxylic acid groups (broad SMARTS) is 1. The normalized spacial score (nSPS) is 10.9. The molecule has 0 aliphatic heterocycles. The van der Waals surface area contributed by atoms with Crippen molar-refractivity contribution < 1.29 is 9.90 Å². The number of pyridine rings is 1. The molecule has 2 aromatic rings. The van der Waals surface area contributed by atoms with Crippen LogP contribution in [-0.4, -0.2) is 25.8 Å². The van der Waals surface area contributed by atoms with Crippen molar-refractivity contribution in [1.29, 1.82) is 0 Å². The first-order valence-electron chi connectivity index (χ1n) is 4.72. The van der Waals surface area contributed by atoms with E-state index in [9.17, 15) is 4.79 Å². The number of aliphatic carboxylic acids is 1. The molecule has 0 saturated carbocycles. The second kappa shape index (κ2) is 5.09. The van der Waals surface area contributed by atoms with E-state index in [1.807, 2.05) is 12.3 Å². The maximum Gasteiger partial charge on any atom is 0.328 e. The van der Waals surface area contributed by atoms with E-state index in [4.69, 9.17) is 5.11 Å². The van der Waals surface area contributed by atoms with Gasteiger partial charge in [-0.25, -0.2) is 9.48 Å². The van der Waals surface area contributed by atoms with E-state index in [1.165, 1.54) is 6.08 Å². The summed E-state index contributed by atoms with van der Waals surface area (Å²) in [5.74, 6) is -0.982. The lowest BCUT2D eigenvalue weighted by atomic mass is 10.2. The smallest absolute Gasteiger partial charge is 0.328 e. The first-order valence-corrected chi connectivity index (χ1v) is 5.79. The fraction of sp³-hybridized carbons (Fsp3) is 0. The van der Waals surface area contributed by atoms with Gasteiger partial charge in [-0.2, -0.15) is 5.10 Å². The second-order valence-electron chi connectivity index (χ2n) is 3.25. The summed E-state index contributed by atoms with van der Waals surface area (Å²) < 4.78 is 2.71. The van der Waals surface area contributed by atoms with E-state index in [1.54, 1.807) is 23.3 Å². The van der Waals surface area contributed by atoms with Crippen molar-refractivity contribution in [1.82, 2.24) is 14.8 Å². The quantitative estimate of drug-likeness (QED) is 0.685. The maximum atomic E-state index is 10.4. The summed E-state index contributed by atoms with van der Waals surface area (Å²) in [6.07, 6.45) is 9.43. The van der Waals surface area contributed by atoms with Gasteiger partial charge in [0, 0.05) is 18.5 Å². The molecule has 17 heavy (non-hydrogen) atoms. The third-order valence-electron chi connectivity index (χ3n) is 1.98. The molecule has 2 heterocycles. The number of rotatable bonds is 3. The zero-order valence-electron chi connectivity index (χ0n) is 8.62. The highest BCUT2D eigenvalue weighted by Crippen LogP contribution is 2.11. The van der Waals surface area contributed by atoms with Crippen molar-refractivity contribution in [2.75, 3.05) is 0 Å². The second-order valence-corrected chi connectivity index (χ2v) is 4.50. The summed E-state index contributed by atoms with van der Waals surface area (Å²) >= 11 is 2.17. The molecule has 6 heteroatoms. The number of hydrogen-bond donors (Lipinski definition) is 1. The molecule has 0 aliphatic carbocycles. The Bertz CT molecular complexity index is 578. The van der Waals surface area contributed by atoms with Crippen LogP contribution in [0, 0.1) is 3.57 Å².